The number of imidazole rings is 1. The fourth-order valence-corrected chi connectivity index (χ4v) is 2.39. The third-order valence-electron chi connectivity index (χ3n) is 2.54. The fourth-order valence-electron chi connectivity index (χ4n) is 1.72. The van der Waals surface area contributed by atoms with Crippen LogP contribution in [0, 0.1) is 0 Å². The average molecular weight is 244 g/mol. The van der Waals surface area contributed by atoms with Crippen LogP contribution in [0.25, 0.3) is 21.7 Å². The number of aldehydes is 1. The highest BCUT2D eigenvalue weighted by molar-refractivity contribution is 7.13. The average Bonchev–Trinajstić information content (AvgIpc) is 2.98. The molecular formula is C12H8N2O2S. The maximum Gasteiger partial charge on any atom is 0.152 e. The molecule has 17 heavy (non-hydrogen) atoms. The molecule has 0 aliphatic rings. The summed E-state index contributed by atoms with van der Waals surface area (Å²) >= 11 is 1.55. The SMILES string of the molecule is O=Cc1ccc(O)c2[nH]c(-c3cccs3)nc12. The normalized spacial score (nSPS) is 10.8. The Hall–Kier alpha value is -2.14. The largest absolute Gasteiger partial charge is 0.506 e. The van der Waals surface area contributed by atoms with Crippen molar-refractivity contribution in [3.63, 3.8) is 0 Å². The number of aromatic amines is 1. The molecule has 1 aromatic carbocycles. The molecule has 2 N–H and O–H groups in total. The van der Waals surface area contributed by atoms with Gasteiger partial charge in [-0.3, -0.25) is 4.79 Å². The molecule has 0 aliphatic carbocycles. The van der Waals surface area contributed by atoms with E-state index in [-0.39, 0.29) is 5.75 Å². The first-order valence-electron chi connectivity index (χ1n) is 5.00. The van der Waals surface area contributed by atoms with Crippen LogP contribution in [0.15, 0.2) is 29.6 Å². The second kappa shape index (κ2) is 3.71. The van der Waals surface area contributed by atoms with Gasteiger partial charge in [-0.25, -0.2) is 4.98 Å². The van der Waals surface area contributed by atoms with Gasteiger partial charge in [0, 0.05) is 5.56 Å². The van der Waals surface area contributed by atoms with Gasteiger partial charge in [-0.1, -0.05) is 6.07 Å². The Balaban J connectivity index is 2.32. The van der Waals surface area contributed by atoms with Crippen molar-refractivity contribution >= 4 is 28.7 Å². The van der Waals surface area contributed by atoms with Crippen molar-refractivity contribution < 1.29 is 9.90 Å². The van der Waals surface area contributed by atoms with Crippen molar-refractivity contribution in [1.29, 1.82) is 0 Å². The van der Waals surface area contributed by atoms with Gasteiger partial charge in [0.2, 0.25) is 0 Å². The number of phenols is 1. The highest BCUT2D eigenvalue weighted by Crippen LogP contribution is 2.30. The van der Waals surface area contributed by atoms with Gasteiger partial charge in [0.1, 0.15) is 22.6 Å². The zero-order chi connectivity index (χ0) is 11.8. The Morgan fingerprint density at radius 3 is 2.94 bits per heavy atom. The number of thiophene rings is 1. The van der Waals surface area contributed by atoms with E-state index in [1.54, 1.807) is 17.4 Å². The Morgan fingerprint density at radius 1 is 1.35 bits per heavy atom. The van der Waals surface area contributed by atoms with E-state index in [0.29, 0.717) is 22.4 Å². The first-order chi connectivity index (χ1) is 8.29. The van der Waals surface area contributed by atoms with Gasteiger partial charge in [-0.15, -0.1) is 11.3 Å². The van der Waals surface area contributed by atoms with Gasteiger partial charge in [-0.2, -0.15) is 0 Å². The third-order valence-corrected chi connectivity index (χ3v) is 3.41. The van der Waals surface area contributed by atoms with Crippen LogP contribution in [0.4, 0.5) is 0 Å². The number of carbonyl (C=O) groups is 1. The summed E-state index contributed by atoms with van der Waals surface area (Å²) in [4.78, 5) is 19.2. The molecule has 0 spiro atoms. The lowest BCUT2D eigenvalue weighted by molar-refractivity contribution is 0.112. The van der Waals surface area contributed by atoms with Crippen LogP contribution < -0.4 is 0 Å². The van der Waals surface area contributed by atoms with E-state index >= 15 is 0 Å². The summed E-state index contributed by atoms with van der Waals surface area (Å²) in [5.41, 5.74) is 1.47. The molecule has 3 aromatic rings. The van der Waals surface area contributed by atoms with Crippen LogP contribution in [0.5, 0.6) is 5.75 Å². The zero-order valence-electron chi connectivity index (χ0n) is 8.68. The lowest BCUT2D eigenvalue weighted by Crippen LogP contribution is -1.82. The first kappa shape index (κ1) is 10.0. The second-order valence-corrected chi connectivity index (χ2v) is 4.53. The van der Waals surface area contributed by atoms with E-state index in [1.165, 1.54) is 6.07 Å². The number of hydrogen-bond acceptors (Lipinski definition) is 4. The van der Waals surface area contributed by atoms with E-state index in [2.05, 4.69) is 9.97 Å². The van der Waals surface area contributed by atoms with Crippen LogP contribution in [0.3, 0.4) is 0 Å². The number of H-pyrrole nitrogens is 1. The maximum absolute atomic E-state index is 10.9. The topological polar surface area (TPSA) is 66.0 Å². The van der Waals surface area contributed by atoms with Crippen LogP contribution in [-0.4, -0.2) is 21.4 Å². The molecule has 0 unspecified atom stereocenters. The van der Waals surface area contributed by atoms with E-state index in [1.807, 2.05) is 17.5 Å². The summed E-state index contributed by atoms with van der Waals surface area (Å²) in [5.74, 6) is 0.764. The van der Waals surface area contributed by atoms with E-state index in [4.69, 9.17) is 0 Å². The van der Waals surface area contributed by atoms with E-state index in [9.17, 15) is 9.90 Å². The van der Waals surface area contributed by atoms with Crippen molar-refractivity contribution in [3.05, 3.63) is 35.2 Å². The zero-order valence-corrected chi connectivity index (χ0v) is 9.49. The minimum absolute atomic E-state index is 0.0981. The number of fused-ring (bicyclic) bond motifs is 1. The fraction of sp³-hybridized carbons (Fsp3) is 0. The quantitative estimate of drug-likeness (QED) is 0.681. The number of aromatic hydroxyl groups is 1. The van der Waals surface area contributed by atoms with Gasteiger partial charge in [0.05, 0.1) is 4.88 Å². The summed E-state index contributed by atoms with van der Waals surface area (Å²) in [6, 6.07) is 6.90. The van der Waals surface area contributed by atoms with Crippen LogP contribution in [0.2, 0.25) is 0 Å². The molecule has 3 rings (SSSR count). The molecule has 0 amide bonds. The number of nitrogens with zero attached hydrogens (tertiary/aromatic N) is 1. The lowest BCUT2D eigenvalue weighted by atomic mass is 10.2. The van der Waals surface area contributed by atoms with Crippen LogP contribution >= 0.6 is 11.3 Å². The van der Waals surface area contributed by atoms with Crippen molar-refractivity contribution in [2.75, 3.05) is 0 Å². The Labute approximate surface area is 101 Å². The molecule has 4 nitrogen and oxygen atoms in total. The Morgan fingerprint density at radius 2 is 2.24 bits per heavy atom. The van der Waals surface area contributed by atoms with Gasteiger partial charge in [0.15, 0.2) is 6.29 Å². The molecule has 0 atom stereocenters. The van der Waals surface area contributed by atoms with Gasteiger partial charge in [0.25, 0.3) is 0 Å². The van der Waals surface area contributed by atoms with Crippen LogP contribution in [-0.2, 0) is 0 Å². The highest BCUT2D eigenvalue weighted by Gasteiger charge is 2.12. The first-order valence-corrected chi connectivity index (χ1v) is 5.88. The van der Waals surface area contributed by atoms with Gasteiger partial charge >= 0.3 is 0 Å². The molecular weight excluding hydrogens is 236 g/mol. The summed E-state index contributed by atoms with van der Waals surface area (Å²) in [5, 5.41) is 11.7. The Kier molecular flexibility index (Phi) is 2.19. The lowest BCUT2D eigenvalue weighted by Gasteiger charge is -1.94. The number of hydrogen-bond donors (Lipinski definition) is 2. The molecule has 0 aliphatic heterocycles. The number of phenolic OH excluding ortho intramolecular Hbond substituents is 1. The van der Waals surface area contributed by atoms with E-state index in [0.717, 1.165) is 11.2 Å². The number of aromatic nitrogens is 2. The molecule has 2 aromatic heterocycles. The monoisotopic (exact) mass is 244 g/mol. The molecule has 0 saturated carbocycles. The van der Waals surface area contributed by atoms with Gasteiger partial charge < -0.3 is 10.1 Å². The molecule has 0 saturated heterocycles. The Bertz CT molecular complexity index is 686. The van der Waals surface area contributed by atoms with Crippen molar-refractivity contribution in [2.45, 2.75) is 0 Å². The smallest absolute Gasteiger partial charge is 0.152 e. The summed E-state index contributed by atoms with van der Waals surface area (Å²) in [6.07, 6.45) is 0.737. The highest BCUT2D eigenvalue weighted by atomic mass is 32.1. The van der Waals surface area contributed by atoms with Gasteiger partial charge in [-0.05, 0) is 23.6 Å². The molecule has 2 heterocycles. The summed E-state index contributed by atoms with van der Waals surface area (Å²) < 4.78 is 0. The van der Waals surface area contributed by atoms with Crippen LogP contribution in [0.1, 0.15) is 10.4 Å². The van der Waals surface area contributed by atoms with Crippen molar-refractivity contribution in [3.8, 4) is 16.5 Å². The molecule has 0 radical (unpaired) electrons. The third kappa shape index (κ3) is 1.52. The molecule has 0 fully saturated rings. The van der Waals surface area contributed by atoms with Crippen molar-refractivity contribution in [2.24, 2.45) is 0 Å². The number of benzene rings is 1. The van der Waals surface area contributed by atoms with E-state index < -0.39 is 0 Å². The molecule has 5 heteroatoms. The summed E-state index contributed by atoms with van der Waals surface area (Å²) in [6.45, 7) is 0. The molecule has 84 valence electrons. The minimum Gasteiger partial charge on any atom is -0.506 e. The summed E-state index contributed by atoms with van der Waals surface area (Å²) in [7, 11) is 0. The predicted octanol–water partition coefficient (Wildman–Crippen LogP) is 2.81. The maximum atomic E-state index is 10.9. The molecule has 0 bridgehead atoms. The predicted molar refractivity (Wildman–Crippen MR) is 66.5 cm³/mol. The minimum atomic E-state index is 0.0981. The number of nitrogens with one attached hydrogen (secondary N) is 1. The number of rotatable bonds is 2. The standard InChI is InChI=1S/C12H8N2O2S/c15-6-7-3-4-8(16)11-10(7)13-12(14-11)9-2-1-5-17-9/h1-6,16H,(H,13,14). The van der Waals surface area contributed by atoms with Crippen molar-refractivity contribution in [1.82, 2.24) is 9.97 Å². The number of carbonyl (C=O) groups excluding carboxylic acids is 1. The second-order valence-electron chi connectivity index (χ2n) is 3.58.